The summed E-state index contributed by atoms with van der Waals surface area (Å²) in [5, 5.41) is 6.16. The van der Waals surface area contributed by atoms with E-state index in [0.717, 1.165) is 19.0 Å². The normalized spacial score (nSPS) is 10.4. The Balaban J connectivity index is 0. The van der Waals surface area contributed by atoms with Crippen molar-refractivity contribution in [1.82, 2.24) is 10.6 Å². The highest BCUT2D eigenvalue weighted by molar-refractivity contribution is 14.0. The van der Waals surface area contributed by atoms with Crippen LogP contribution in [0.3, 0.4) is 0 Å². The molecule has 0 aromatic carbocycles. The average molecular weight is 287 g/mol. The van der Waals surface area contributed by atoms with E-state index in [0.29, 0.717) is 6.61 Å². The predicted molar refractivity (Wildman–Crippen MR) is 62.3 cm³/mol. The van der Waals surface area contributed by atoms with Gasteiger partial charge in [-0.1, -0.05) is 0 Å². The monoisotopic (exact) mass is 287 g/mol. The second-order valence-corrected chi connectivity index (χ2v) is 2.02. The third-order valence-electron chi connectivity index (χ3n) is 1.17. The van der Waals surface area contributed by atoms with Gasteiger partial charge >= 0.3 is 0 Å². The molecule has 0 saturated heterocycles. The van der Waals surface area contributed by atoms with E-state index in [-0.39, 0.29) is 24.0 Å². The second kappa shape index (κ2) is 11.0. The molecule has 2 N–H and O–H groups in total. The van der Waals surface area contributed by atoms with Crippen LogP contribution in [0.25, 0.3) is 0 Å². The maximum atomic E-state index is 4.87. The van der Waals surface area contributed by atoms with Crippen LogP contribution in [-0.4, -0.2) is 39.8 Å². The van der Waals surface area contributed by atoms with Crippen LogP contribution in [0.4, 0.5) is 0 Å². The Morgan fingerprint density at radius 3 is 2.50 bits per heavy atom. The summed E-state index contributed by atoms with van der Waals surface area (Å²) in [5.41, 5.74) is 0. The van der Waals surface area contributed by atoms with Crippen molar-refractivity contribution in [3.05, 3.63) is 0 Å². The van der Waals surface area contributed by atoms with Crippen molar-refractivity contribution in [2.45, 2.75) is 6.92 Å². The fraction of sp³-hybridized carbons (Fsp3) is 0.857. The molecule has 0 amide bonds. The van der Waals surface area contributed by atoms with Crippen molar-refractivity contribution in [2.24, 2.45) is 4.99 Å². The fourth-order valence-corrected chi connectivity index (χ4v) is 0.660. The van der Waals surface area contributed by atoms with Gasteiger partial charge in [-0.15, -0.1) is 24.0 Å². The predicted octanol–water partition coefficient (Wildman–Crippen LogP) is 0.436. The molecule has 0 bridgehead atoms. The SMILES string of the molecule is CCNC(=NC)NCCOC.I. The molecular weight excluding hydrogens is 269 g/mol. The van der Waals surface area contributed by atoms with Crippen LogP contribution in [0.1, 0.15) is 6.92 Å². The molecule has 0 aromatic rings. The van der Waals surface area contributed by atoms with Crippen LogP contribution >= 0.6 is 24.0 Å². The van der Waals surface area contributed by atoms with Gasteiger partial charge in [0, 0.05) is 27.2 Å². The zero-order valence-electron chi connectivity index (χ0n) is 7.89. The van der Waals surface area contributed by atoms with Crippen LogP contribution < -0.4 is 10.6 Å². The van der Waals surface area contributed by atoms with Crippen molar-refractivity contribution >= 4 is 29.9 Å². The Morgan fingerprint density at radius 1 is 1.42 bits per heavy atom. The molecule has 0 aromatic heterocycles. The molecule has 0 aliphatic rings. The first-order chi connectivity index (χ1) is 5.35. The molecule has 0 atom stereocenters. The number of ether oxygens (including phenoxy) is 1. The molecule has 0 heterocycles. The highest BCUT2D eigenvalue weighted by atomic mass is 127. The molecule has 0 radical (unpaired) electrons. The highest BCUT2D eigenvalue weighted by Gasteiger charge is 1.91. The van der Waals surface area contributed by atoms with Crippen molar-refractivity contribution in [3.63, 3.8) is 0 Å². The van der Waals surface area contributed by atoms with E-state index in [1.165, 1.54) is 0 Å². The molecule has 12 heavy (non-hydrogen) atoms. The third kappa shape index (κ3) is 8.06. The topological polar surface area (TPSA) is 45.7 Å². The van der Waals surface area contributed by atoms with Crippen molar-refractivity contribution in [3.8, 4) is 0 Å². The summed E-state index contributed by atoms with van der Waals surface area (Å²) in [6.45, 7) is 4.40. The number of rotatable bonds is 4. The summed E-state index contributed by atoms with van der Waals surface area (Å²) >= 11 is 0. The minimum absolute atomic E-state index is 0. The Bertz CT molecular complexity index is 119. The van der Waals surface area contributed by atoms with Crippen LogP contribution in [0, 0.1) is 0 Å². The van der Waals surface area contributed by atoms with Crippen molar-refractivity contribution in [1.29, 1.82) is 0 Å². The zero-order chi connectivity index (χ0) is 8.53. The Kier molecular flexibility index (Phi) is 13.2. The summed E-state index contributed by atoms with van der Waals surface area (Å²) in [5.74, 6) is 0.824. The lowest BCUT2D eigenvalue weighted by molar-refractivity contribution is 0.203. The van der Waals surface area contributed by atoms with Crippen LogP contribution in [0.15, 0.2) is 4.99 Å². The largest absolute Gasteiger partial charge is 0.383 e. The second-order valence-electron chi connectivity index (χ2n) is 2.02. The van der Waals surface area contributed by atoms with Crippen molar-refractivity contribution in [2.75, 3.05) is 33.9 Å². The molecule has 0 rings (SSSR count). The number of guanidine groups is 1. The quantitative estimate of drug-likeness (QED) is 0.341. The van der Waals surface area contributed by atoms with Gasteiger partial charge in [0.15, 0.2) is 5.96 Å². The van der Waals surface area contributed by atoms with Gasteiger partial charge in [-0.2, -0.15) is 0 Å². The first kappa shape index (κ1) is 14.5. The lowest BCUT2D eigenvalue weighted by Crippen LogP contribution is -2.38. The molecule has 0 fully saturated rings. The Morgan fingerprint density at radius 2 is 2.08 bits per heavy atom. The molecule has 0 aliphatic carbocycles. The highest BCUT2D eigenvalue weighted by Crippen LogP contribution is 1.68. The molecule has 4 nitrogen and oxygen atoms in total. The van der Waals surface area contributed by atoms with Gasteiger partial charge in [0.1, 0.15) is 0 Å². The summed E-state index contributed by atoms with van der Waals surface area (Å²) in [4.78, 5) is 3.99. The minimum Gasteiger partial charge on any atom is -0.383 e. The maximum Gasteiger partial charge on any atom is 0.191 e. The number of hydrogen-bond acceptors (Lipinski definition) is 2. The van der Waals surface area contributed by atoms with Gasteiger partial charge < -0.3 is 15.4 Å². The van der Waals surface area contributed by atoms with E-state index < -0.39 is 0 Å². The minimum atomic E-state index is 0. The maximum absolute atomic E-state index is 4.87. The smallest absolute Gasteiger partial charge is 0.191 e. The number of halogens is 1. The summed E-state index contributed by atoms with van der Waals surface area (Å²) in [7, 11) is 3.43. The third-order valence-corrected chi connectivity index (χ3v) is 1.17. The van der Waals surface area contributed by atoms with Gasteiger partial charge in [0.25, 0.3) is 0 Å². The number of hydrogen-bond donors (Lipinski definition) is 2. The van der Waals surface area contributed by atoms with Crippen LogP contribution in [-0.2, 0) is 4.74 Å². The van der Waals surface area contributed by atoms with E-state index in [2.05, 4.69) is 15.6 Å². The average Bonchev–Trinajstić information content (AvgIpc) is 2.03. The van der Waals surface area contributed by atoms with E-state index >= 15 is 0 Å². The first-order valence-corrected chi connectivity index (χ1v) is 3.78. The number of nitrogens with zero attached hydrogens (tertiary/aromatic N) is 1. The first-order valence-electron chi connectivity index (χ1n) is 3.78. The molecule has 5 heteroatoms. The molecule has 0 spiro atoms. The number of aliphatic imine (C=N–C) groups is 1. The Hall–Kier alpha value is -0.0400. The molecule has 0 unspecified atom stereocenters. The van der Waals surface area contributed by atoms with Gasteiger partial charge in [0.2, 0.25) is 0 Å². The molecular formula is C7H18IN3O. The summed E-state index contributed by atoms with van der Waals surface area (Å²) < 4.78 is 4.87. The lowest BCUT2D eigenvalue weighted by atomic mass is 10.6. The summed E-state index contributed by atoms with van der Waals surface area (Å²) in [6.07, 6.45) is 0. The number of methoxy groups -OCH3 is 1. The van der Waals surface area contributed by atoms with E-state index in [1.54, 1.807) is 14.2 Å². The van der Waals surface area contributed by atoms with Gasteiger partial charge in [-0.25, -0.2) is 0 Å². The van der Waals surface area contributed by atoms with Gasteiger partial charge in [-0.3, -0.25) is 4.99 Å². The fourth-order valence-electron chi connectivity index (χ4n) is 0.660. The van der Waals surface area contributed by atoms with Crippen LogP contribution in [0.2, 0.25) is 0 Å². The Labute approximate surface area is 91.2 Å². The van der Waals surface area contributed by atoms with E-state index in [9.17, 15) is 0 Å². The molecule has 0 saturated carbocycles. The van der Waals surface area contributed by atoms with Crippen LogP contribution in [0.5, 0.6) is 0 Å². The van der Waals surface area contributed by atoms with E-state index in [1.807, 2.05) is 6.92 Å². The molecule has 74 valence electrons. The molecule has 0 aliphatic heterocycles. The van der Waals surface area contributed by atoms with Gasteiger partial charge in [-0.05, 0) is 6.92 Å². The van der Waals surface area contributed by atoms with E-state index in [4.69, 9.17) is 4.74 Å². The van der Waals surface area contributed by atoms with Crippen molar-refractivity contribution < 1.29 is 4.74 Å². The zero-order valence-corrected chi connectivity index (χ0v) is 10.2. The lowest BCUT2D eigenvalue weighted by Gasteiger charge is -2.08. The van der Waals surface area contributed by atoms with Gasteiger partial charge in [0.05, 0.1) is 6.61 Å². The summed E-state index contributed by atoms with van der Waals surface area (Å²) in [6, 6.07) is 0. The standard InChI is InChI=1S/C7H17N3O.HI/c1-4-9-7(8-2)10-5-6-11-3;/h4-6H2,1-3H3,(H2,8,9,10);1H. The number of nitrogens with one attached hydrogen (secondary N) is 2.